The summed E-state index contributed by atoms with van der Waals surface area (Å²) in [7, 11) is 0. The molecule has 0 fully saturated rings. The molecule has 0 saturated carbocycles. The van der Waals surface area contributed by atoms with E-state index in [2.05, 4.69) is 19.2 Å². The van der Waals surface area contributed by atoms with Gasteiger partial charge in [-0.3, -0.25) is 4.79 Å². The van der Waals surface area contributed by atoms with Gasteiger partial charge in [-0.2, -0.15) is 0 Å². The Morgan fingerprint density at radius 3 is 2.24 bits per heavy atom. The van der Waals surface area contributed by atoms with Crippen LogP contribution in [0.5, 0.6) is 5.75 Å². The number of nitrogens with one attached hydrogen (secondary N) is 1. The highest BCUT2D eigenvalue weighted by molar-refractivity contribution is 5.91. The molecular formula is C18H21NO2. The van der Waals surface area contributed by atoms with Crippen LogP contribution in [0, 0.1) is 6.92 Å². The van der Waals surface area contributed by atoms with E-state index in [1.807, 2.05) is 55.5 Å². The van der Waals surface area contributed by atoms with Crippen molar-refractivity contribution in [3.05, 3.63) is 59.7 Å². The molecule has 0 spiro atoms. The summed E-state index contributed by atoms with van der Waals surface area (Å²) in [6.07, 6.45) is 0. The van der Waals surface area contributed by atoms with Crippen molar-refractivity contribution < 1.29 is 9.53 Å². The first-order valence-corrected chi connectivity index (χ1v) is 7.14. The lowest BCUT2D eigenvalue weighted by Gasteiger charge is -2.09. The van der Waals surface area contributed by atoms with Crippen molar-refractivity contribution in [2.45, 2.75) is 26.7 Å². The number of benzene rings is 2. The number of hydrogen-bond donors (Lipinski definition) is 1. The lowest BCUT2D eigenvalue weighted by atomic mass is 10.0. The first kappa shape index (κ1) is 15.1. The molecule has 0 heterocycles. The van der Waals surface area contributed by atoms with Crippen LogP contribution >= 0.6 is 0 Å². The van der Waals surface area contributed by atoms with E-state index in [0.717, 1.165) is 11.3 Å². The second-order valence-corrected chi connectivity index (χ2v) is 5.43. The standard InChI is InChI=1S/C18H21NO2/c1-13(2)15-6-8-16(9-7-15)19-18(20)12-21-17-10-4-14(3)5-11-17/h4-11,13H,12H2,1-3H3,(H,19,20). The van der Waals surface area contributed by atoms with Crippen LogP contribution in [-0.2, 0) is 4.79 Å². The number of hydrogen-bond acceptors (Lipinski definition) is 2. The molecule has 2 aromatic carbocycles. The van der Waals surface area contributed by atoms with Crippen LogP contribution < -0.4 is 10.1 Å². The van der Waals surface area contributed by atoms with Gasteiger partial charge in [-0.05, 0) is 42.7 Å². The van der Waals surface area contributed by atoms with Crippen LogP contribution in [0.25, 0.3) is 0 Å². The third kappa shape index (κ3) is 4.63. The van der Waals surface area contributed by atoms with E-state index < -0.39 is 0 Å². The molecule has 0 aliphatic rings. The molecule has 110 valence electrons. The summed E-state index contributed by atoms with van der Waals surface area (Å²) < 4.78 is 5.44. The van der Waals surface area contributed by atoms with Gasteiger partial charge in [0.1, 0.15) is 5.75 Å². The maximum atomic E-state index is 11.8. The fourth-order valence-electron chi connectivity index (χ4n) is 1.93. The van der Waals surface area contributed by atoms with Crippen molar-refractivity contribution in [2.24, 2.45) is 0 Å². The zero-order valence-corrected chi connectivity index (χ0v) is 12.7. The molecule has 0 unspecified atom stereocenters. The van der Waals surface area contributed by atoms with Crippen LogP contribution in [0.15, 0.2) is 48.5 Å². The molecule has 0 radical (unpaired) electrons. The van der Waals surface area contributed by atoms with E-state index in [1.165, 1.54) is 5.56 Å². The third-order valence-corrected chi connectivity index (χ3v) is 3.25. The van der Waals surface area contributed by atoms with Gasteiger partial charge in [-0.1, -0.05) is 43.7 Å². The summed E-state index contributed by atoms with van der Waals surface area (Å²) in [5.74, 6) is 1.03. The molecule has 3 nitrogen and oxygen atoms in total. The summed E-state index contributed by atoms with van der Waals surface area (Å²) >= 11 is 0. The van der Waals surface area contributed by atoms with Crippen LogP contribution in [0.4, 0.5) is 5.69 Å². The van der Waals surface area contributed by atoms with Gasteiger partial charge in [0.15, 0.2) is 6.61 Å². The fourth-order valence-corrected chi connectivity index (χ4v) is 1.93. The van der Waals surface area contributed by atoms with Crippen LogP contribution in [0.2, 0.25) is 0 Å². The molecular weight excluding hydrogens is 262 g/mol. The molecule has 1 N–H and O–H groups in total. The van der Waals surface area contributed by atoms with Crippen LogP contribution in [-0.4, -0.2) is 12.5 Å². The average molecular weight is 283 g/mol. The molecule has 0 aliphatic heterocycles. The molecule has 0 aromatic heterocycles. The van der Waals surface area contributed by atoms with Crippen LogP contribution in [0.1, 0.15) is 30.9 Å². The second kappa shape index (κ2) is 6.93. The molecule has 1 amide bonds. The lowest BCUT2D eigenvalue weighted by Crippen LogP contribution is -2.20. The number of carbonyl (C=O) groups is 1. The minimum atomic E-state index is -0.159. The van der Waals surface area contributed by atoms with Crippen molar-refractivity contribution in [1.29, 1.82) is 0 Å². The van der Waals surface area contributed by atoms with Crippen LogP contribution in [0.3, 0.4) is 0 Å². The lowest BCUT2D eigenvalue weighted by molar-refractivity contribution is -0.118. The molecule has 0 aliphatic carbocycles. The van der Waals surface area contributed by atoms with E-state index in [9.17, 15) is 4.79 Å². The molecule has 0 atom stereocenters. The normalized spacial score (nSPS) is 10.5. The maximum absolute atomic E-state index is 11.8. The zero-order valence-electron chi connectivity index (χ0n) is 12.7. The summed E-state index contributed by atoms with van der Waals surface area (Å²) in [5, 5.41) is 2.83. The van der Waals surface area contributed by atoms with Crippen molar-refractivity contribution in [1.82, 2.24) is 0 Å². The number of amides is 1. The van der Waals surface area contributed by atoms with Gasteiger partial charge in [-0.15, -0.1) is 0 Å². The SMILES string of the molecule is Cc1ccc(OCC(=O)Nc2ccc(C(C)C)cc2)cc1. The predicted octanol–water partition coefficient (Wildman–Crippen LogP) is 4.14. The molecule has 2 rings (SSSR count). The average Bonchev–Trinajstić information content (AvgIpc) is 2.47. The Kier molecular flexibility index (Phi) is 4.99. The van der Waals surface area contributed by atoms with E-state index in [1.54, 1.807) is 0 Å². The van der Waals surface area contributed by atoms with E-state index in [4.69, 9.17) is 4.74 Å². The van der Waals surface area contributed by atoms with Gasteiger partial charge >= 0.3 is 0 Å². The zero-order chi connectivity index (χ0) is 15.2. The minimum absolute atomic E-state index is 0.00892. The number of ether oxygens (including phenoxy) is 1. The fraction of sp³-hybridized carbons (Fsp3) is 0.278. The Morgan fingerprint density at radius 1 is 1.05 bits per heavy atom. The predicted molar refractivity (Wildman–Crippen MR) is 85.8 cm³/mol. The van der Waals surface area contributed by atoms with E-state index in [0.29, 0.717) is 11.7 Å². The molecule has 3 heteroatoms. The molecule has 2 aromatic rings. The molecule has 0 bridgehead atoms. The van der Waals surface area contributed by atoms with Gasteiger partial charge in [0.25, 0.3) is 5.91 Å². The van der Waals surface area contributed by atoms with E-state index >= 15 is 0 Å². The highest BCUT2D eigenvalue weighted by Crippen LogP contribution is 2.17. The van der Waals surface area contributed by atoms with Crippen molar-refractivity contribution in [2.75, 3.05) is 11.9 Å². The number of rotatable bonds is 5. The Balaban J connectivity index is 1.85. The van der Waals surface area contributed by atoms with Gasteiger partial charge in [0.2, 0.25) is 0 Å². The summed E-state index contributed by atoms with van der Waals surface area (Å²) in [6, 6.07) is 15.5. The Morgan fingerprint density at radius 2 is 1.67 bits per heavy atom. The topological polar surface area (TPSA) is 38.3 Å². The Labute approximate surface area is 126 Å². The number of carbonyl (C=O) groups excluding carboxylic acids is 1. The summed E-state index contributed by atoms with van der Waals surface area (Å²) in [5.41, 5.74) is 3.21. The first-order chi connectivity index (χ1) is 10.0. The summed E-state index contributed by atoms with van der Waals surface area (Å²) in [6.45, 7) is 6.30. The van der Waals surface area contributed by atoms with Gasteiger partial charge in [0, 0.05) is 5.69 Å². The number of anilines is 1. The monoisotopic (exact) mass is 283 g/mol. The highest BCUT2D eigenvalue weighted by Gasteiger charge is 2.04. The molecule has 21 heavy (non-hydrogen) atoms. The smallest absolute Gasteiger partial charge is 0.262 e. The van der Waals surface area contributed by atoms with Gasteiger partial charge in [0.05, 0.1) is 0 Å². The largest absolute Gasteiger partial charge is 0.484 e. The Hall–Kier alpha value is -2.29. The quantitative estimate of drug-likeness (QED) is 0.895. The first-order valence-electron chi connectivity index (χ1n) is 7.14. The van der Waals surface area contributed by atoms with Gasteiger partial charge in [-0.25, -0.2) is 0 Å². The minimum Gasteiger partial charge on any atom is -0.484 e. The number of aryl methyl sites for hydroxylation is 1. The van der Waals surface area contributed by atoms with Crippen molar-refractivity contribution in [3.63, 3.8) is 0 Å². The Bertz CT molecular complexity index is 586. The molecule has 0 saturated heterocycles. The summed E-state index contributed by atoms with van der Waals surface area (Å²) in [4.78, 5) is 11.8. The van der Waals surface area contributed by atoms with Gasteiger partial charge < -0.3 is 10.1 Å². The maximum Gasteiger partial charge on any atom is 0.262 e. The second-order valence-electron chi connectivity index (χ2n) is 5.43. The third-order valence-electron chi connectivity index (χ3n) is 3.25. The van der Waals surface area contributed by atoms with Crippen molar-refractivity contribution in [3.8, 4) is 5.75 Å². The highest BCUT2D eigenvalue weighted by atomic mass is 16.5. The van der Waals surface area contributed by atoms with Crippen molar-refractivity contribution >= 4 is 11.6 Å². The van der Waals surface area contributed by atoms with E-state index in [-0.39, 0.29) is 12.5 Å².